The Kier molecular flexibility index (Phi) is 3.45. The lowest BCUT2D eigenvalue weighted by molar-refractivity contribution is 0.580. The summed E-state index contributed by atoms with van der Waals surface area (Å²) in [5, 5.41) is 0. The van der Waals surface area contributed by atoms with Crippen LogP contribution in [0.1, 0.15) is 31.2 Å². The Hall–Kier alpha value is -1.69. The Bertz CT molecular complexity index is 705. The van der Waals surface area contributed by atoms with Crippen molar-refractivity contribution in [2.45, 2.75) is 31.6 Å². The predicted octanol–water partition coefficient (Wildman–Crippen LogP) is 2.69. The van der Waals surface area contributed by atoms with Crippen LogP contribution in [0.3, 0.4) is 0 Å². The normalized spacial score (nSPS) is 12.1. The van der Waals surface area contributed by atoms with Gasteiger partial charge in [0.1, 0.15) is 11.6 Å². The molecule has 0 bridgehead atoms. The maximum atomic E-state index is 13.2. The minimum absolute atomic E-state index is 0.0219. The van der Waals surface area contributed by atoms with Gasteiger partial charge in [0.25, 0.3) is 10.0 Å². The molecule has 1 aromatic heterocycles. The fraction of sp³-hybridized carbons (Fsp3) is 0.308. The van der Waals surface area contributed by atoms with Gasteiger partial charge in [0.15, 0.2) is 0 Å². The van der Waals surface area contributed by atoms with E-state index in [1.54, 1.807) is 0 Å². The SMILES string of the molecule is Cc1cc(S(=O)(=O)n2ccnc2C(C)C)ccc1F. The van der Waals surface area contributed by atoms with Crippen molar-refractivity contribution in [1.82, 2.24) is 8.96 Å². The van der Waals surface area contributed by atoms with Crippen LogP contribution in [0.25, 0.3) is 0 Å². The van der Waals surface area contributed by atoms with E-state index in [1.165, 1.54) is 31.5 Å². The molecule has 0 fully saturated rings. The third kappa shape index (κ3) is 2.40. The predicted molar refractivity (Wildman–Crippen MR) is 70.0 cm³/mol. The van der Waals surface area contributed by atoms with Gasteiger partial charge in [0.05, 0.1) is 4.90 Å². The number of rotatable bonds is 3. The molecule has 0 saturated carbocycles. The second-order valence-corrected chi connectivity index (χ2v) is 6.47. The summed E-state index contributed by atoms with van der Waals surface area (Å²) in [5.74, 6) is 0.0157. The molecular formula is C13H15FN2O2S. The summed E-state index contributed by atoms with van der Waals surface area (Å²) in [6, 6.07) is 3.75. The minimum atomic E-state index is -3.72. The van der Waals surface area contributed by atoms with Gasteiger partial charge in [0.2, 0.25) is 0 Å². The number of halogens is 1. The molecule has 0 amide bonds. The van der Waals surface area contributed by atoms with E-state index in [1.807, 2.05) is 13.8 Å². The van der Waals surface area contributed by atoms with Crippen LogP contribution in [0.2, 0.25) is 0 Å². The largest absolute Gasteiger partial charge is 0.269 e. The molecule has 6 heteroatoms. The fourth-order valence-electron chi connectivity index (χ4n) is 1.80. The Morgan fingerprint density at radius 1 is 1.32 bits per heavy atom. The molecule has 0 radical (unpaired) electrons. The van der Waals surface area contributed by atoms with Crippen LogP contribution < -0.4 is 0 Å². The average Bonchev–Trinajstić information content (AvgIpc) is 2.82. The summed E-state index contributed by atoms with van der Waals surface area (Å²) in [6.07, 6.45) is 2.85. The highest BCUT2D eigenvalue weighted by molar-refractivity contribution is 7.90. The molecule has 0 atom stereocenters. The molecule has 4 nitrogen and oxygen atoms in total. The van der Waals surface area contributed by atoms with E-state index in [2.05, 4.69) is 4.98 Å². The molecule has 0 aliphatic carbocycles. The number of aromatic nitrogens is 2. The first-order valence-corrected chi connectivity index (χ1v) is 7.33. The zero-order valence-corrected chi connectivity index (χ0v) is 11.8. The lowest BCUT2D eigenvalue weighted by Crippen LogP contribution is -2.16. The van der Waals surface area contributed by atoms with Crippen molar-refractivity contribution in [3.63, 3.8) is 0 Å². The van der Waals surface area contributed by atoms with Crippen LogP contribution in [0.5, 0.6) is 0 Å². The molecular weight excluding hydrogens is 267 g/mol. The van der Waals surface area contributed by atoms with E-state index in [9.17, 15) is 12.8 Å². The van der Waals surface area contributed by atoms with Gasteiger partial charge in [-0.05, 0) is 30.7 Å². The van der Waals surface area contributed by atoms with E-state index in [0.717, 1.165) is 10.0 Å². The Balaban J connectivity index is 2.59. The third-order valence-electron chi connectivity index (χ3n) is 2.84. The van der Waals surface area contributed by atoms with Crippen LogP contribution in [0.4, 0.5) is 4.39 Å². The second-order valence-electron chi connectivity index (χ2n) is 4.65. The fourth-order valence-corrected chi connectivity index (χ4v) is 3.31. The van der Waals surface area contributed by atoms with Gasteiger partial charge >= 0.3 is 0 Å². The van der Waals surface area contributed by atoms with Crippen LogP contribution in [-0.4, -0.2) is 17.4 Å². The summed E-state index contributed by atoms with van der Waals surface area (Å²) in [6.45, 7) is 5.26. The monoisotopic (exact) mass is 282 g/mol. The van der Waals surface area contributed by atoms with Crippen molar-refractivity contribution in [2.24, 2.45) is 0 Å². The molecule has 1 heterocycles. The highest BCUT2D eigenvalue weighted by Gasteiger charge is 2.22. The first kappa shape index (κ1) is 13.7. The highest BCUT2D eigenvalue weighted by atomic mass is 32.2. The Morgan fingerprint density at radius 3 is 2.58 bits per heavy atom. The zero-order chi connectivity index (χ0) is 14.2. The number of hydrogen-bond donors (Lipinski definition) is 0. The summed E-state index contributed by atoms with van der Waals surface area (Å²) >= 11 is 0. The maximum Gasteiger partial charge on any atom is 0.269 e. The van der Waals surface area contributed by atoms with E-state index in [-0.39, 0.29) is 10.8 Å². The molecule has 0 N–H and O–H groups in total. The van der Waals surface area contributed by atoms with E-state index in [0.29, 0.717) is 11.4 Å². The van der Waals surface area contributed by atoms with Gasteiger partial charge in [-0.3, -0.25) is 0 Å². The molecule has 0 saturated heterocycles. The van der Waals surface area contributed by atoms with E-state index >= 15 is 0 Å². The molecule has 0 spiro atoms. The lowest BCUT2D eigenvalue weighted by Gasteiger charge is -2.11. The van der Waals surface area contributed by atoms with Crippen molar-refractivity contribution in [3.8, 4) is 0 Å². The molecule has 102 valence electrons. The van der Waals surface area contributed by atoms with Gasteiger partial charge in [-0.25, -0.2) is 21.8 Å². The summed E-state index contributed by atoms with van der Waals surface area (Å²) < 4.78 is 39.3. The molecule has 1 aromatic carbocycles. The number of imidazole rings is 1. The van der Waals surface area contributed by atoms with Crippen molar-refractivity contribution in [2.75, 3.05) is 0 Å². The van der Waals surface area contributed by atoms with Crippen molar-refractivity contribution in [3.05, 3.63) is 47.8 Å². The van der Waals surface area contributed by atoms with Gasteiger partial charge in [-0.15, -0.1) is 0 Å². The Labute approximate surface area is 112 Å². The number of hydrogen-bond acceptors (Lipinski definition) is 3. The number of nitrogens with zero attached hydrogens (tertiary/aromatic N) is 2. The lowest BCUT2D eigenvalue weighted by atomic mass is 10.2. The van der Waals surface area contributed by atoms with Crippen molar-refractivity contribution in [1.29, 1.82) is 0 Å². The van der Waals surface area contributed by atoms with Gasteiger partial charge in [0, 0.05) is 18.3 Å². The van der Waals surface area contributed by atoms with Crippen LogP contribution in [0.15, 0.2) is 35.5 Å². The molecule has 2 rings (SSSR count). The van der Waals surface area contributed by atoms with Crippen LogP contribution in [-0.2, 0) is 10.0 Å². The molecule has 2 aromatic rings. The minimum Gasteiger partial charge on any atom is -0.240 e. The topological polar surface area (TPSA) is 52.0 Å². The van der Waals surface area contributed by atoms with Crippen molar-refractivity contribution < 1.29 is 12.8 Å². The van der Waals surface area contributed by atoms with E-state index in [4.69, 9.17) is 0 Å². The van der Waals surface area contributed by atoms with Gasteiger partial charge < -0.3 is 0 Å². The third-order valence-corrected chi connectivity index (χ3v) is 4.51. The second kappa shape index (κ2) is 4.77. The summed E-state index contributed by atoms with van der Waals surface area (Å²) in [7, 11) is -3.72. The Morgan fingerprint density at radius 2 is 2.00 bits per heavy atom. The summed E-state index contributed by atoms with van der Waals surface area (Å²) in [5.41, 5.74) is 0.298. The molecule has 0 aliphatic heterocycles. The average molecular weight is 282 g/mol. The van der Waals surface area contributed by atoms with Crippen LogP contribution in [0, 0.1) is 12.7 Å². The zero-order valence-electron chi connectivity index (χ0n) is 11.0. The van der Waals surface area contributed by atoms with Gasteiger partial charge in [-0.2, -0.15) is 0 Å². The standard InChI is InChI=1S/C13H15FN2O2S/c1-9(2)13-15-6-7-16(13)19(17,18)11-4-5-12(14)10(3)8-11/h4-9H,1-3H3. The molecule has 0 unspecified atom stereocenters. The number of aryl methyl sites for hydroxylation is 1. The van der Waals surface area contributed by atoms with Crippen LogP contribution >= 0.6 is 0 Å². The smallest absolute Gasteiger partial charge is 0.240 e. The number of benzene rings is 1. The molecule has 19 heavy (non-hydrogen) atoms. The van der Waals surface area contributed by atoms with E-state index < -0.39 is 15.8 Å². The maximum absolute atomic E-state index is 13.2. The first-order chi connectivity index (χ1) is 8.84. The molecule has 0 aliphatic rings. The van der Waals surface area contributed by atoms with Gasteiger partial charge in [-0.1, -0.05) is 13.8 Å². The quantitative estimate of drug-likeness (QED) is 0.869. The summed E-state index contributed by atoms with van der Waals surface area (Å²) in [4.78, 5) is 4.12. The first-order valence-electron chi connectivity index (χ1n) is 5.89. The van der Waals surface area contributed by atoms with Crippen molar-refractivity contribution >= 4 is 10.0 Å². The highest BCUT2D eigenvalue weighted by Crippen LogP contribution is 2.21.